The van der Waals surface area contributed by atoms with E-state index in [0.717, 1.165) is 16.0 Å². The Hall–Kier alpha value is -1.29. The molecule has 7 nitrogen and oxygen atoms in total. The molecule has 2 aromatic rings. The van der Waals surface area contributed by atoms with Gasteiger partial charge in [-0.1, -0.05) is 0 Å². The Morgan fingerprint density at radius 1 is 1.23 bits per heavy atom. The zero-order valence-electron chi connectivity index (χ0n) is 15.3. The van der Waals surface area contributed by atoms with Crippen LogP contribution in [-0.2, 0) is 10.0 Å². The number of aliphatic hydroxyl groups is 1. The molecule has 0 aromatic carbocycles. The minimum absolute atomic E-state index is 0.121. The van der Waals surface area contributed by atoms with Crippen molar-refractivity contribution in [1.82, 2.24) is 14.3 Å². The van der Waals surface area contributed by atoms with Crippen LogP contribution in [0.1, 0.15) is 23.3 Å². The maximum Gasteiger partial charge on any atom is 0.211 e. The Labute approximate surface area is 157 Å². The first-order valence-corrected chi connectivity index (χ1v) is 11.5. The summed E-state index contributed by atoms with van der Waals surface area (Å²) in [5.41, 5.74) is 0.409. The SMILES string of the molecule is Cc1sc2ncnc(N3CC[C@@]4(O)CCN(S(C)(=O)=O)C[C@H]4C3)c2c1C. The molecule has 0 amide bonds. The average molecular weight is 397 g/mol. The number of nitrogens with zero attached hydrogens (tertiary/aromatic N) is 4. The predicted molar refractivity (Wildman–Crippen MR) is 103 cm³/mol. The number of rotatable bonds is 2. The van der Waals surface area contributed by atoms with Gasteiger partial charge in [-0.3, -0.25) is 0 Å². The molecule has 2 aromatic heterocycles. The molecule has 0 unspecified atom stereocenters. The van der Waals surface area contributed by atoms with Gasteiger partial charge in [-0.15, -0.1) is 11.3 Å². The van der Waals surface area contributed by atoms with Gasteiger partial charge in [-0.2, -0.15) is 0 Å². The van der Waals surface area contributed by atoms with E-state index in [-0.39, 0.29) is 5.92 Å². The highest BCUT2D eigenvalue weighted by Crippen LogP contribution is 2.40. The lowest BCUT2D eigenvalue weighted by molar-refractivity contribution is -0.0688. The lowest BCUT2D eigenvalue weighted by atomic mass is 9.76. The highest BCUT2D eigenvalue weighted by atomic mass is 32.2. The van der Waals surface area contributed by atoms with Crippen LogP contribution in [0.15, 0.2) is 6.33 Å². The van der Waals surface area contributed by atoms with Crippen LogP contribution in [0.2, 0.25) is 0 Å². The number of anilines is 1. The standard InChI is InChI=1S/C17H24N4O3S2/c1-11-12(2)25-16-14(11)15(18-10-19-16)20-6-4-17(22)5-7-21(26(3,23)24)9-13(17)8-20/h10,13,22H,4-9H2,1-3H3/t13-,17-/m1/s1. The largest absolute Gasteiger partial charge is 0.389 e. The van der Waals surface area contributed by atoms with Crippen LogP contribution >= 0.6 is 11.3 Å². The van der Waals surface area contributed by atoms with Gasteiger partial charge in [0.1, 0.15) is 17.0 Å². The molecule has 2 fully saturated rings. The Bertz CT molecular complexity index is 958. The van der Waals surface area contributed by atoms with Gasteiger partial charge in [0.05, 0.1) is 17.2 Å². The fraction of sp³-hybridized carbons (Fsp3) is 0.647. The second-order valence-corrected chi connectivity index (χ2v) is 10.7. The summed E-state index contributed by atoms with van der Waals surface area (Å²) in [5, 5.41) is 12.1. The normalized spacial score (nSPS) is 27.7. The molecule has 2 atom stereocenters. The minimum Gasteiger partial charge on any atom is -0.389 e. The van der Waals surface area contributed by atoms with Crippen molar-refractivity contribution < 1.29 is 13.5 Å². The second-order valence-electron chi connectivity index (χ2n) is 7.53. The summed E-state index contributed by atoms with van der Waals surface area (Å²) in [7, 11) is -3.24. The van der Waals surface area contributed by atoms with Gasteiger partial charge in [0.2, 0.25) is 10.0 Å². The van der Waals surface area contributed by atoms with Crippen molar-refractivity contribution in [3.05, 3.63) is 16.8 Å². The van der Waals surface area contributed by atoms with E-state index in [1.807, 2.05) is 0 Å². The molecule has 0 bridgehead atoms. The molecule has 142 valence electrons. The summed E-state index contributed by atoms with van der Waals surface area (Å²) >= 11 is 1.67. The van der Waals surface area contributed by atoms with Crippen molar-refractivity contribution >= 4 is 37.4 Å². The van der Waals surface area contributed by atoms with E-state index in [1.54, 1.807) is 17.7 Å². The number of piperidine rings is 2. The molecule has 0 spiro atoms. The third-order valence-electron chi connectivity index (χ3n) is 5.95. The van der Waals surface area contributed by atoms with Crippen molar-refractivity contribution in [2.24, 2.45) is 5.92 Å². The molecule has 26 heavy (non-hydrogen) atoms. The summed E-state index contributed by atoms with van der Waals surface area (Å²) < 4.78 is 25.4. The smallest absolute Gasteiger partial charge is 0.211 e. The summed E-state index contributed by atoms with van der Waals surface area (Å²) in [6, 6.07) is 0. The van der Waals surface area contributed by atoms with Gasteiger partial charge >= 0.3 is 0 Å². The zero-order chi connectivity index (χ0) is 18.7. The molecule has 1 N–H and O–H groups in total. The highest BCUT2D eigenvalue weighted by Gasteiger charge is 2.47. The van der Waals surface area contributed by atoms with Gasteiger partial charge < -0.3 is 10.0 Å². The van der Waals surface area contributed by atoms with Gasteiger partial charge in [-0.05, 0) is 32.3 Å². The van der Waals surface area contributed by atoms with Crippen molar-refractivity contribution in [1.29, 1.82) is 0 Å². The summed E-state index contributed by atoms with van der Waals surface area (Å²) in [6.45, 7) is 6.25. The molecule has 2 saturated heterocycles. The minimum atomic E-state index is -3.24. The number of aryl methyl sites for hydroxylation is 2. The number of thiophene rings is 1. The van der Waals surface area contributed by atoms with Gasteiger partial charge in [-0.25, -0.2) is 22.7 Å². The maximum atomic E-state index is 12.0. The van der Waals surface area contributed by atoms with E-state index >= 15 is 0 Å². The monoisotopic (exact) mass is 396 g/mol. The lowest BCUT2D eigenvalue weighted by Crippen LogP contribution is -2.60. The number of hydrogen-bond acceptors (Lipinski definition) is 7. The van der Waals surface area contributed by atoms with Crippen LogP contribution in [0, 0.1) is 19.8 Å². The van der Waals surface area contributed by atoms with Crippen molar-refractivity contribution in [2.45, 2.75) is 32.3 Å². The fourth-order valence-electron chi connectivity index (χ4n) is 4.17. The number of aromatic nitrogens is 2. The number of sulfonamides is 1. The molecule has 0 radical (unpaired) electrons. The van der Waals surface area contributed by atoms with Crippen LogP contribution in [0.3, 0.4) is 0 Å². The van der Waals surface area contributed by atoms with Crippen molar-refractivity contribution in [2.75, 3.05) is 37.3 Å². The van der Waals surface area contributed by atoms with Gasteiger partial charge in [0, 0.05) is 37.0 Å². The quantitative estimate of drug-likeness (QED) is 0.828. The molecule has 0 aliphatic carbocycles. The Morgan fingerprint density at radius 3 is 2.69 bits per heavy atom. The lowest BCUT2D eigenvalue weighted by Gasteiger charge is -2.49. The van der Waals surface area contributed by atoms with Crippen LogP contribution in [0.4, 0.5) is 5.82 Å². The maximum absolute atomic E-state index is 12.0. The predicted octanol–water partition coefficient (Wildman–Crippen LogP) is 1.53. The summed E-state index contributed by atoms with van der Waals surface area (Å²) in [6.07, 6.45) is 3.96. The van der Waals surface area contributed by atoms with E-state index in [9.17, 15) is 13.5 Å². The second kappa shape index (κ2) is 6.12. The molecule has 9 heteroatoms. The summed E-state index contributed by atoms with van der Waals surface area (Å²) in [4.78, 5) is 13.3. The first-order chi connectivity index (χ1) is 12.2. The highest BCUT2D eigenvalue weighted by molar-refractivity contribution is 7.88. The molecular weight excluding hydrogens is 372 g/mol. The number of hydrogen-bond donors (Lipinski definition) is 1. The molecular formula is C17H24N4O3S2. The Kier molecular flexibility index (Phi) is 4.26. The van der Waals surface area contributed by atoms with Crippen LogP contribution in [-0.4, -0.2) is 65.8 Å². The van der Waals surface area contributed by atoms with Crippen LogP contribution in [0.5, 0.6) is 0 Å². The summed E-state index contributed by atoms with van der Waals surface area (Å²) in [5.74, 6) is 0.778. The molecule has 4 heterocycles. The van der Waals surface area contributed by atoms with E-state index in [4.69, 9.17) is 0 Å². The molecule has 2 aliphatic rings. The van der Waals surface area contributed by atoms with Crippen molar-refractivity contribution in [3.8, 4) is 0 Å². The first kappa shape index (κ1) is 18.1. The third-order valence-corrected chi connectivity index (χ3v) is 8.33. The molecule has 2 aliphatic heterocycles. The fourth-order valence-corrected chi connectivity index (χ4v) is 6.03. The molecule has 4 rings (SSSR count). The van der Waals surface area contributed by atoms with Crippen molar-refractivity contribution in [3.63, 3.8) is 0 Å². The van der Waals surface area contributed by atoms with Crippen LogP contribution in [0.25, 0.3) is 10.2 Å². The van der Waals surface area contributed by atoms with E-state index < -0.39 is 15.6 Å². The third kappa shape index (κ3) is 2.90. The van der Waals surface area contributed by atoms with E-state index in [0.29, 0.717) is 39.0 Å². The average Bonchev–Trinajstić information content (AvgIpc) is 2.87. The Morgan fingerprint density at radius 2 is 1.96 bits per heavy atom. The first-order valence-electron chi connectivity index (χ1n) is 8.82. The Balaban J connectivity index is 1.67. The molecule has 0 saturated carbocycles. The zero-order valence-corrected chi connectivity index (χ0v) is 16.9. The van der Waals surface area contributed by atoms with Crippen LogP contribution < -0.4 is 4.90 Å². The van der Waals surface area contributed by atoms with E-state index in [2.05, 4.69) is 28.7 Å². The van der Waals surface area contributed by atoms with Gasteiger partial charge in [0.25, 0.3) is 0 Å². The van der Waals surface area contributed by atoms with E-state index in [1.165, 1.54) is 21.0 Å². The number of fused-ring (bicyclic) bond motifs is 2. The topological polar surface area (TPSA) is 86.6 Å². The van der Waals surface area contributed by atoms with Gasteiger partial charge in [0.15, 0.2) is 0 Å².